The summed E-state index contributed by atoms with van der Waals surface area (Å²) in [6.07, 6.45) is 2.25. The molecule has 0 atom stereocenters. The number of fused-ring (bicyclic) bond motifs is 1. The van der Waals surface area contributed by atoms with Gasteiger partial charge in [-0.15, -0.1) is 0 Å². The molecule has 22 heavy (non-hydrogen) atoms. The van der Waals surface area contributed by atoms with Crippen molar-refractivity contribution >= 4 is 17.2 Å². The first-order valence-corrected chi connectivity index (χ1v) is 7.39. The third kappa shape index (κ3) is 3.35. The second-order valence-electron chi connectivity index (χ2n) is 5.23. The van der Waals surface area contributed by atoms with E-state index >= 15 is 0 Å². The molecule has 2 N–H and O–H groups in total. The third-order valence-corrected chi connectivity index (χ3v) is 3.71. The molecule has 0 amide bonds. The molecule has 0 aromatic heterocycles. The van der Waals surface area contributed by atoms with Crippen molar-refractivity contribution in [2.45, 2.75) is 6.92 Å². The number of methoxy groups -OCH3 is 1. The molecule has 0 radical (unpaired) electrons. The second-order valence-corrected chi connectivity index (χ2v) is 5.23. The average molecular weight is 293 g/mol. The van der Waals surface area contributed by atoms with Crippen LogP contribution in [0.5, 0.6) is 0 Å². The maximum absolute atomic E-state index is 5.91. The van der Waals surface area contributed by atoms with E-state index in [-0.39, 0.29) is 0 Å². The van der Waals surface area contributed by atoms with Crippen molar-refractivity contribution in [1.29, 1.82) is 0 Å². The molecule has 0 fully saturated rings. The monoisotopic (exact) mass is 293 g/mol. The van der Waals surface area contributed by atoms with E-state index in [1.165, 1.54) is 33.4 Å². The Kier molecular flexibility index (Phi) is 5.70. The Balaban J connectivity index is 0.000000545. The van der Waals surface area contributed by atoms with Crippen LogP contribution in [0.1, 0.15) is 23.6 Å². The molecule has 2 heteroatoms. The van der Waals surface area contributed by atoms with Gasteiger partial charge in [-0.05, 0) is 46.4 Å². The molecular formula is C20H23NO. The Bertz CT molecular complexity index is 684. The van der Waals surface area contributed by atoms with E-state index in [9.17, 15) is 0 Å². The highest BCUT2D eigenvalue weighted by atomic mass is 16.4. The van der Waals surface area contributed by atoms with Gasteiger partial charge in [-0.2, -0.15) is 0 Å². The third-order valence-electron chi connectivity index (χ3n) is 3.71. The standard InChI is InChI=1S/C18H17N.C2H6O/c1-13-17(11-14-7-3-2-4-8-14)15-9-5-6-10-16(15)18(13)12-19;1-3-2/h2-11H,12,19H2,1H3;1-2H3. The Labute approximate surface area is 132 Å². The van der Waals surface area contributed by atoms with Crippen molar-refractivity contribution in [2.75, 3.05) is 20.8 Å². The molecular weight excluding hydrogens is 270 g/mol. The zero-order valence-corrected chi connectivity index (χ0v) is 13.5. The smallest absolute Gasteiger partial charge is 0.0351 e. The first-order valence-electron chi connectivity index (χ1n) is 7.39. The summed E-state index contributed by atoms with van der Waals surface area (Å²) in [5, 5.41) is 0. The Morgan fingerprint density at radius 2 is 1.45 bits per heavy atom. The van der Waals surface area contributed by atoms with Crippen LogP contribution in [0, 0.1) is 0 Å². The van der Waals surface area contributed by atoms with Gasteiger partial charge in [0.05, 0.1) is 0 Å². The van der Waals surface area contributed by atoms with E-state index in [0.29, 0.717) is 6.54 Å². The van der Waals surface area contributed by atoms with Gasteiger partial charge in [-0.1, -0.05) is 54.6 Å². The molecule has 0 bridgehead atoms. The Hall–Kier alpha value is -2.16. The highest BCUT2D eigenvalue weighted by Crippen LogP contribution is 2.41. The van der Waals surface area contributed by atoms with E-state index in [4.69, 9.17) is 5.73 Å². The van der Waals surface area contributed by atoms with Crippen molar-refractivity contribution in [1.82, 2.24) is 0 Å². The van der Waals surface area contributed by atoms with Crippen LogP contribution in [0.3, 0.4) is 0 Å². The first kappa shape index (κ1) is 16.2. The van der Waals surface area contributed by atoms with Gasteiger partial charge in [0.15, 0.2) is 0 Å². The van der Waals surface area contributed by atoms with E-state index in [2.05, 4.69) is 66.3 Å². The van der Waals surface area contributed by atoms with E-state index in [0.717, 1.165) is 0 Å². The summed E-state index contributed by atoms with van der Waals surface area (Å²) in [6.45, 7) is 2.76. The van der Waals surface area contributed by atoms with Crippen LogP contribution in [0.2, 0.25) is 0 Å². The Morgan fingerprint density at radius 3 is 2.05 bits per heavy atom. The van der Waals surface area contributed by atoms with Gasteiger partial charge in [0.25, 0.3) is 0 Å². The highest BCUT2D eigenvalue weighted by Gasteiger charge is 2.21. The summed E-state index contributed by atoms with van der Waals surface area (Å²) < 4.78 is 4.25. The number of allylic oxidation sites excluding steroid dienone is 2. The minimum Gasteiger partial charge on any atom is -0.388 e. The van der Waals surface area contributed by atoms with Crippen LogP contribution in [0.4, 0.5) is 0 Å². The molecule has 2 nitrogen and oxygen atoms in total. The SMILES string of the molecule is CC1=C(CN)c2ccccc2C1=Cc1ccccc1.COC. The van der Waals surface area contributed by atoms with Crippen molar-refractivity contribution in [2.24, 2.45) is 5.73 Å². The lowest BCUT2D eigenvalue weighted by molar-refractivity contribution is 0.277. The maximum atomic E-state index is 5.91. The van der Waals surface area contributed by atoms with E-state index in [1.807, 2.05) is 6.07 Å². The summed E-state index contributed by atoms with van der Waals surface area (Å²) >= 11 is 0. The summed E-state index contributed by atoms with van der Waals surface area (Å²) in [5.41, 5.74) is 13.6. The summed E-state index contributed by atoms with van der Waals surface area (Å²) in [7, 11) is 3.25. The number of benzene rings is 2. The van der Waals surface area contributed by atoms with Gasteiger partial charge >= 0.3 is 0 Å². The quantitative estimate of drug-likeness (QED) is 0.899. The summed E-state index contributed by atoms with van der Waals surface area (Å²) in [4.78, 5) is 0. The molecule has 0 heterocycles. The van der Waals surface area contributed by atoms with Crippen LogP contribution >= 0.6 is 0 Å². The van der Waals surface area contributed by atoms with Crippen LogP contribution in [-0.4, -0.2) is 20.8 Å². The van der Waals surface area contributed by atoms with E-state index in [1.54, 1.807) is 14.2 Å². The van der Waals surface area contributed by atoms with Gasteiger partial charge in [-0.3, -0.25) is 0 Å². The van der Waals surface area contributed by atoms with Gasteiger partial charge in [-0.25, -0.2) is 0 Å². The minimum atomic E-state index is 0.592. The fraction of sp³-hybridized carbons (Fsp3) is 0.200. The molecule has 1 aliphatic carbocycles. The van der Waals surface area contributed by atoms with Crippen molar-refractivity contribution in [3.05, 3.63) is 76.9 Å². The predicted octanol–water partition coefficient (Wildman–Crippen LogP) is 4.24. The average Bonchev–Trinajstić information content (AvgIpc) is 2.81. The Morgan fingerprint density at radius 1 is 0.909 bits per heavy atom. The summed E-state index contributed by atoms with van der Waals surface area (Å²) in [6, 6.07) is 18.9. The van der Waals surface area contributed by atoms with Crippen LogP contribution in [0.25, 0.3) is 17.2 Å². The van der Waals surface area contributed by atoms with E-state index < -0.39 is 0 Å². The van der Waals surface area contributed by atoms with Gasteiger partial charge in [0.2, 0.25) is 0 Å². The fourth-order valence-corrected chi connectivity index (χ4v) is 2.71. The molecule has 1 aliphatic rings. The van der Waals surface area contributed by atoms with Gasteiger partial charge in [0, 0.05) is 20.8 Å². The van der Waals surface area contributed by atoms with Crippen LogP contribution < -0.4 is 5.73 Å². The second kappa shape index (κ2) is 7.74. The highest BCUT2D eigenvalue weighted by molar-refractivity contribution is 6.05. The number of hydrogen-bond donors (Lipinski definition) is 1. The molecule has 2 aromatic rings. The molecule has 114 valence electrons. The molecule has 0 spiro atoms. The largest absolute Gasteiger partial charge is 0.388 e. The lowest BCUT2D eigenvalue weighted by atomic mass is 10.0. The molecule has 0 saturated carbocycles. The number of nitrogens with two attached hydrogens (primary N) is 1. The maximum Gasteiger partial charge on any atom is 0.0351 e. The number of ether oxygens (including phenoxy) is 1. The van der Waals surface area contributed by atoms with Crippen molar-refractivity contribution in [3.8, 4) is 0 Å². The van der Waals surface area contributed by atoms with Gasteiger partial charge in [0.1, 0.15) is 0 Å². The summed E-state index contributed by atoms with van der Waals surface area (Å²) in [5.74, 6) is 0. The predicted molar refractivity (Wildman–Crippen MR) is 95.3 cm³/mol. The molecule has 2 aromatic carbocycles. The normalized spacial score (nSPS) is 14.6. The molecule has 3 rings (SSSR count). The molecule has 0 aliphatic heterocycles. The number of rotatable bonds is 2. The lowest BCUT2D eigenvalue weighted by Crippen LogP contribution is -2.01. The first-order chi connectivity index (χ1) is 10.7. The van der Waals surface area contributed by atoms with Gasteiger partial charge < -0.3 is 10.5 Å². The van der Waals surface area contributed by atoms with Crippen LogP contribution in [0.15, 0.2) is 60.2 Å². The lowest BCUT2D eigenvalue weighted by Gasteiger charge is -2.03. The van der Waals surface area contributed by atoms with Crippen LogP contribution in [-0.2, 0) is 4.74 Å². The fourth-order valence-electron chi connectivity index (χ4n) is 2.71. The molecule has 0 saturated heterocycles. The zero-order valence-electron chi connectivity index (χ0n) is 13.5. The number of hydrogen-bond acceptors (Lipinski definition) is 2. The van der Waals surface area contributed by atoms with Crippen molar-refractivity contribution < 1.29 is 4.74 Å². The topological polar surface area (TPSA) is 35.2 Å². The molecule has 0 unspecified atom stereocenters. The minimum absolute atomic E-state index is 0.592. The zero-order chi connectivity index (χ0) is 15.9. The van der Waals surface area contributed by atoms with Crippen molar-refractivity contribution in [3.63, 3.8) is 0 Å².